The first-order valence-corrected chi connectivity index (χ1v) is 11.7. The van der Waals surface area contributed by atoms with Gasteiger partial charge in [-0.15, -0.1) is 5.10 Å². The fraction of sp³-hybridized carbons (Fsp3) is 0.542. The summed E-state index contributed by atoms with van der Waals surface area (Å²) < 4.78 is 11.2. The Balaban J connectivity index is 1.29. The highest BCUT2D eigenvalue weighted by Gasteiger charge is 2.23. The number of aromatic nitrogens is 2. The molecular formula is C24H33N5O3. The van der Waals surface area contributed by atoms with Crippen LogP contribution in [0.2, 0.25) is 0 Å². The molecule has 0 saturated carbocycles. The summed E-state index contributed by atoms with van der Waals surface area (Å²) in [5, 5.41) is 8.50. The zero-order valence-electron chi connectivity index (χ0n) is 18.9. The van der Waals surface area contributed by atoms with Crippen molar-refractivity contribution in [2.24, 2.45) is 0 Å². The number of ether oxygens (including phenoxy) is 2. The summed E-state index contributed by atoms with van der Waals surface area (Å²) in [5.74, 6) is 1.79. The van der Waals surface area contributed by atoms with Crippen LogP contribution in [-0.2, 0) is 4.74 Å². The molecule has 2 saturated heterocycles. The van der Waals surface area contributed by atoms with Crippen LogP contribution in [0.5, 0.6) is 5.75 Å². The number of rotatable bonds is 8. The lowest BCUT2D eigenvalue weighted by Gasteiger charge is -2.36. The first-order chi connectivity index (χ1) is 15.7. The topological polar surface area (TPSA) is 71.0 Å². The highest BCUT2D eigenvalue weighted by atomic mass is 16.5. The van der Waals surface area contributed by atoms with E-state index in [1.807, 2.05) is 29.2 Å². The van der Waals surface area contributed by atoms with Crippen molar-refractivity contribution < 1.29 is 14.3 Å². The molecule has 2 aliphatic rings. The first kappa shape index (κ1) is 22.3. The van der Waals surface area contributed by atoms with E-state index in [4.69, 9.17) is 9.47 Å². The summed E-state index contributed by atoms with van der Waals surface area (Å²) in [6.07, 6.45) is 5.21. The number of amides is 1. The van der Waals surface area contributed by atoms with Crippen molar-refractivity contribution in [1.82, 2.24) is 15.1 Å². The molecule has 1 aromatic carbocycles. The van der Waals surface area contributed by atoms with Crippen LogP contribution in [0.4, 0.5) is 11.5 Å². The van der Waals surface area contributed by atoms with Crippen LogP contribution < -0.4 is 14.5 Å². The molecule has 2 aromatic rings. The van der Waals surface area contributed by atoms with Crippen molar-refractivity contribution in [1.29, 1.82) is 0 Å². The summed E-state index contributed by atoms with van der Waals surface area (Å²) in [4.78, 5) is 19.3. The van der Waals surface area contributed by atoms with Crippen molar-refractivity contribution >= 4 is 17.4 Å². The monoisotopic (exact) mass is 439 g/mol. The third kappa shape index (κ3) is 5.68. The van der Waals surface area contributed by atoms with Gasteiger partial charge in [-0.2, -0.15) is 5.10 Å². The second-order valence-corrected chi connectivity index (χ2v) is 8.23. The van der Waals surface area contributed by atoms with Crippen LogP contribution in [0.15, 0.2) is 36.5 Å². The molecule has 0 unspecified atom stereocenters. The molecule has 1 amide bonds. The third-order valence-electron chi connectivity index (χ3n) is 6.01. The maximum Gasteiger partial charge on any atom is 0.253 e. The smallest absolute Gasteiger partial charge is 0.253 e. The van der Waals surface area contributed by atoms with Crippen molar-refractivity contribution in [2.45, 2.75) is 26.2 Å². The quantitative estimate of drug-likeness (QED) is 0.586. The van der Waals surface area contributed by atoms with Crippen LogP contribution in [-0.4, -0.2) is 80.1 Å². The average molecular weight is 440 g/mol. The maximum absolute atomic E-state index is 12.9. The molecule has 8 heteroatoms. The minimum absolute atomic E-state index is 0.0732. The van der Waals surface area contributed by atoms with E-state index in [-0.39, 0.29) is 5.91 Å². The van der Waals surface area contributed by atoms with E-state index in [0.717, 1.165) is 69.7 Å². The molecule has 3 heterocycles. The van der Waals surface area contributed by atoms with E-state index in [2.05, 4.69) is 33.0 Å². The number of benzene rings is 1. The average Bonchev–Trinajstić information content (AvgIpc) is 2.87. The molecule has 32 heavy (non-hydrogen) atoms. The zero-order chi connectivity index (χ0) is 22.2. The number of carbonyl (C=O) groups excluding carboxylic acids is 1. The third-order valence-corrected chi connectivity index (χ3v) is 6.01. The number of hydrogen-bond donors (Lipinski definition) is 0. The summed E-state index contributed by atoms with van der Waals surface area (Å²) in [6.45, 7) is 8.93. The summed E-state index contributed by atoms with van der Waals surface area (Å²) in [5.41, 5.74) is 1.76. The molecule has 2 aliphatic heterocycles. The molecule has 8 nitrogen and oxygen atoms in total. The fourth-order valence-electron chi connectivity index (χ4n) is 4.05. The van der Waals surface area contributed by atoms with Gasteiger partial charge in [-0.25, -0.2) is 0 Å². The van der Waals surface area contributed by atoms with Gasteiger partial charge in [-0.3, -0.25) is 4.79 Å². The lowest BCUT2D eigenvalue weighted by Crippen LogP contribution is -2.49. The van der Waals surface area contributed by atoms with Gasteiger partial charge in [0.15, 0.2) is 5.82 Å². The molecule has 4 rings (SSSR count). The van der Waals surface area contributed by atoms with Gasteiger partial charge in [0.2, 0.25) is 0 Å². The Bertz CT molecular complexity index is 862. The first-order valence-electron chi connectivity index (χ1n) is 11.7. The van der Waals surface area contributed by atoms with Crippen molar-refractivity contribution in [3.05, 3.63) is 42.1 Å². The summed E-state index contributed by atoms with van der Waals surface area (Å²) >= 11 is 0. The van der Waals surface area contributed by atoms with E-state index >= 15 is 0 Å². The minimum atomic E-state index is 0.0732. The molecule has 1 aromatic heterocycles. The highest BCUT2D eigenvalue weighted by molar-refractivity contribution is 5.94. The van der Waals surface area contributed by atoms with Gasteiger partial charge in [0.05, 0.1) is 31.7 Å². The Labute approximate surface area is 190 Å². The number of nitrogens with zero attached hydrogens (tertiary/aromatic N) is 5. The predicted molar refractivity (Wildman–Crippen MR) is 125 cm³/mol. The number of piperazine rings is 1. The van der Waals surface area contributed by atoms with Crippen LogP contribution >= 0.6 is 0 Å². The van der Waals surface area contributed by atoms with E-state index < -0.39 is 0 Å². The Morgan fingerprint density at radius 1 is 1.00 bits per heavy atom. The summed E-state index contributed by atoms with van der Waals surface area (Å²) in [7, 11) is 0. The standard InChI is InChI=1S/C24H33N5O3/c1-2-3-4-15-32-22-7-5-20(6-8-22)24(30)29-11-9-27(10-12-29)21-18-23(26-25-19-21)28-13-16-31-17-14-28/h5-8,18-19H,2-4,9-17H2,1H3. The van der Waals surface area contributed by atoms with Crippen LogP contribution in [0.1, 0.15) is 36.5 Å². The molecule has 0 radical (unpaired) electrons. The second kappa shape index (κ2) is 11.1. The zero-order valence-corrected chi connectivity index (χ0v) is 18.9. The van der Waals surface area contributed by atoms with Gasteiger partial charge in [-0.1, -0.05) is 19.8 Å². The van der Waals surface area contributed by atoms with Crippen molar-refractivity contribution in [3.63, 3.8) is 0 Å². The predicted octanol–water partition coefficient (Wildman–Crippen LogP) is 2.84. The van der Waals surface area contributed by atoms with Gasteiger partial charge < -0.3 is 24.2 Å². The van der Waals surface area contributed by atoms with Gasteiger partial charge in [0.25, 0.3) is 5.91 Å². The second-order valence-electron chi connectivity index (χ2n) is 8.23. The van der Waals surface area contributed by atoms with Crippen LogP contribution in [0, 0.1) is 0 Å². The molecule has 2 fully saturated rings. The number of morpholine rings is 1. The number of unbranched alkanes of at least 4 members (excludes halogenated alkanes) is 2. The molecule has 0 N–H and O–H groups in total. The normalized spacial score (nSPS) is 16.8. The lowest BCUT2D eigenvalue weighted by molar-refractivity contribution is 0.0746. The fourth-order valence-corrected chi connectivity index (χ4v) is 4.05. The van der Waals surface area contributed by atoms with Crippen molar-refractivity contribution in [3.8, 4) is 5.75 Å². The Morgan fingerprint density at radius 2 is 1.75 bits per heavy atom. The minimum Gasteiger partial charge on any atom is -0.494 e. The number of hydrogen-bond acceptors (Lipinski definition) is 7. The Kier molecular flexibility index (Phi) is 7.77. The summed E-state index contributed by atoms with van der Waals surface area (Å²) in [6, 6.07) is 9.61. The van der Waals surface area contributed by atoms with E-state index in [1.54, 1.807) is 6.20 Å². The molecule has 0 bridgehead atoms. The molecular weight excluding hydrogens is 406 g/mol. The van der Waals surface area contributed by atoms with E-state index in [1.165, 1.54) is 12.8 Å². The van der Waals surface area contributed by atoms with E-state index in [0.29, 0.717) is 18.7 Å². The Hall–Kier alpha value is -2.87. The molecule has 0 spiro atoms. The molecule has 0 aliphatic carbocycles. The van der Waals surface area contributed by atoms with E-state index in [9.17, 15) is 4.79 Å². The highest BCUT2D eigenvalue weighted by Crippen LogP contribution is 2.22. The SMILES string of the molecule is CCCCCOc1ccc(C(=O)N2CCN(c3cnnc(N4CCOCC4)c3)CC2)cc1. The van der Waals surface area contributed by atoms with Gasteiger partial charge >= 0.3 is 0 Å². The maximum atomic E-state index is 12.9. The largest absolute Gasteiger partial charge is 0.494 e. The lowest BCUT2D eigenvalue weighted by atomic mass is 10.1. The van der Waals surface area contributed by atoms with Gasteiger partial charge in [-0.05, 0) is 30.7 Å². The van der Waals surface area contributed by atoms with Gasteiger partial charge in [0.1, 0.15) is 5.75 Å². The molecule has 0 atom stereocenters. The molecule has 172 valence electrons. The van der Waals surface area contributed by atoms with Crippen LogP contribution in [0.25, 0.3) is 0 Å². The van der Waals surface area contributed by atoms with Crippen molar-refractivity contribution in [2.75, 3.05) is 68.9 Å². The number of carbonyl (C=O) groups is 1. The van der Waals surface area contributed by atoms with Gasteiger partial charge in [0, 0.05) is 50.9 Å². The Morgan fingerprint density at radius 3 is 2.47 bits per heavy atom. The number of anilines is 2. The van der Waals surface area contributed by atoms with Crippen LogP contribution in [0.3, 0.4) is 0 Å².